The summed E-state index contributed by atoms with van der Waals surface area (Å²) in [7, 11) is 1.55. The van der Waals surface area contributed by atoms with E-state index in [9.17, 15) is 4.79 Å². The van der Waals surface area contributed by atoms with Crippen molar-refractivity contribution in [1.82, 2.24) is 5.43 Å². The molecule has 1 amide bonds. The minimum atomic E-state index is -0.395. The summed E-state index contributed by atoms with van der Waals surface area (Å²) >= 11 is 15.6. The van der Waals surface area contributed by atoms with E-state index in [0.29, 0.717) is 43.8 Å². The summed E-state index contributed by atoms with van der Waals surface area (Å²) in [5, 5.41) is 5.04. The van der Waals surface area contributed by atoms with Crippen molar-refractivity contribution in [2.24, 2.45) is 5.10 Å². The summed E-state index contributed by atoms with van der Waals surface area (Å²) in [4.78, 5) is 12.3. The molecule has 0 unspecified atom stereocenters. The zero-order chi connectivity index (χ0) is 22.4. The number of carbonyl (C=O) groups excluding carboxylic acids is 1. The second-order valence-corrected chi connectivity index (χ2v) is 8.33. The van der Waals surface area contributed by atoms with Crippen molar-refractivity contribution in [3.05, 3.63) is 91.4 Å². The Bertz CT molecular complexity index is 1140. The molecule has 0 radical (unpaired) electrons. The van der Waals surface area contributed by atoms with Crippen LogP contribution in [0.25, 0.3) is 0 Å². The lowest BCUT2D eigenvalue weighted by molar-refractivity contribution is 0.0955. The summed E-state index contributed by atoms with van der Waals surface area (Å²) in [6.07, 6.45) is 1.51. The van der Waals surface area contributed by atoms with Crippen molar-refractivity contribution in [2.45, 2.75) is 13.5 Å². The second-order valence-electron chi connectivity index (χ2n) is 6.64. The molecule has 0 aliphatic heterocycles. The molecule has 0 aromatic heterocycles. The maximum Gasteiger partial charge on any atom is 0.272 e. The topological polar surface area (TPSA) is 59.9 Å². The highest BCUT2D eigenvalue weighted by atomic mass is 79.9. The quantitative estimate of drug-likeness (QED) is 0.288. The minimum absolute atomic E-state index is 0.330. The van der Waals surface area contributed by atoms with Crippen LogP contribution in [0.3, 0.4) is 0 Å². The molecule has 0 fully saturated rings. The Kier molecular flexibility index (Phi) is 7.96. The molecule has 3 rings (SSSR count). The monoisotopic (exact) mass is 520 g/mol. The Labute approximate surface area is 199 Å². The maximum absolute atomic E-state index is 12.3. The zero-order valence-electron chi connectivity index (χ0n) is 16.8. The number of aryl methyl sites for hydroxylation is 1. The number of halogens is 3. The van der Waals surface area contributed by atoms with Crippen LogP contribution in [0.2, 0.25) is 10.0 Å². The lowest BCUT2D eigenvalue weighted by Crippen LogP contribution is -2.18. The fourth-order valence-corrected chi connectivity index (χ4v) is 3.87. The van der Waals surface area contributed by atoms with Gasteiger partial charge in [0.05, 0.1) is 28.4 Å². The first kappa shape index (κ1) is 23.1. The lowest BCUT2D eigenvalue weighted by Gasteiger charge is -2.13. The number of amides is 1. The van der Waals surface area contributed by atoms with E-state index in [4.69, 9.17) is 32.7 Å². The van der Waals surface area contributed by atoms with Gasteiger partial charge in [0.25, 0.3) is 5.91 Å². The van der Waals surface area contributed by atoms with Gasteiger partial charge in [-0.25, -0.2) is 5.43 Å². The second kappa shape index (κ2) is 10.7. The molecule has 31 heavy (non-hydrogen) atoms. The normalized spacial score (nSPS) is 10.9. The van der Waals surface area contributed by atoms with Gasteiger partial charge >= 0.3 is 0 Å². The molecule has 0 aliphatic carbocycles. The van der Waals surface area contributed by atoms with E-state index in [1.165, 1.54) is 6.21 Å². The average molecular weight is 522 g/mol. The first-order valence-corrected chi connectivity index (χ1v) is 10.8. The van der Waals surface area contributed by atoms with Crippen molar-refractivity contribution in [1.29, 1.82) is 0 Å². The Morgan fingerprint density at radius 1 is 1.16 bits per heavy atom. The molecule has 160 valence electrons. The van der Waals surface area contributed by atoms with Gasteiger partial charge in [-0.05, 0) is 75.9 Å². The Hall–Kier alpha value is -2.54. The molecule has 0 saturated carbocycles. The van der Waals surface area contributed by atoms with E-state index in [0.717, 1.165) is 11.1 Å². The summed E-state index contributed by atoms with van der Waals surface area (Å²) < 4.78 is 12.1. The van der Waals surface area contributed by atoms with Gasteiger partial charge in [-0.1, -0.05) is 41.4 Å². The highest BCUT2D eigenvalue weighted by Gasteiger charge is 2.12. The Morgan fingerprint density at radius 3 is 2.68 bits per heavy atom. The number of hydrogen-bond donors (Lipinski definition) is 1. The fraction of sp³-hybridized carbons (Fsp3) is 0.130. The Balaban J connectivity index is 1.70. The summed E-state index contributed by atoms with van der Waals surface area (Å²) in [6, 6.07) is 16.2. The number of ether oxygens (including phenoxy) is 2. The van der Waals surface area contributed by atoms with Gasteiger partial charge in [0, 0.05) is 5.02 Å². The molecule has 0 bridgehead atoms. The SMILES string of the molecule is COc1cc(/C=N\NC(=O)c2ccc(C)cc2Cl)cc(Br)c1OCc1cccc(Cl)c1. The molecule has 8 heteroatoms. The van der Waals surface area contributed by atoms with Crippen LogP contribution < -0.4 is 14.9 Å². The largest absolute Gasteiger partial charge is 0.493 e. The van der Waals surface area contributed by atoms with E-state index < -0.39 is 5.91 Å². The third kappa shape index (κ3) is 6.23. The third-order valence-electron chi connectivity index (χ3n) is 4.27. The number of benzene rings is 3. The van der Waals surface area contributed by atoms with Crippen LogP contribution in [-0.4, -0.2) is 19.2 Å². The van der Waals surface area contributed by atoms with Crippen molar-refractivity contribution in [3.8, 4) is 11.5 Å². The van der Waals surface area contributed by atoms with Crippen LogP contribution in [0.1, 0.15) is 27.0 Å². The van der Waals surface area contributed by atoms with Crippen molar-refractivity contribution >= 4 is 51.3 Å². The molecule has 1 N–H and O–H groups in total. The fourth-order valence-electron chi connectivity index (χ4n) is 2.77. The van der Waals surface area contributed by atoms with E-state index in [2.05, 4.69) is 26.5 Å². The number of hydrogen-bond acceptors (Lipinski definition) is 4. The predicted octanol–water partition coefficient (Wildman–Crippen LogP) is 6.42. The van der Waals surface area contributed by atoms with Gasteiger partial charge in [0.2, 0.25) is 0 Å². The smallest absolute Gasteiger partial charge is 0.272 e. The molecular weight excluding hydrogens is 503 g/mol. The number of nitrogens with zero attached hydrogens (tertiary/aromatic N) is 1. The van der Waals surface area contributed by atoms with Gasteiger partial charge < -0.3 is 9.47 Å². The van der Waals surface area contributed by atoms with Crippen molar-refractivity contribution in [3.63, 3.8) is 0 Å². The maximum atomic E-state index is 12.3. The number of methoxy groups -OCH3 is 1. The number of nitrogens with one attached hydrogen (secondary N) is 1. The standard InChI is InChI=1S/C23H19BrCl2N2O3/c1-14-6-7-18(20(26)8-14)23(29)28-27-12-16-10-19(24)22(21(11-16)30-2)31-13-15-4-3-5-17(25)9-15/h3-12H,13H2,1-2H3,(H,28,29)/b27-12-. The lowest BCUT2D eigenvalue weighted by atomic mass is 10.1. The molecule has 0 heterocycles. The van der Waals surface area contributed by atoms with Crippen LogP contribution in [-0.2, 0) is 6.61 Å². The van der Waals surface area contributed by atoms with E-state index in [-0.39, 0.29) is 0 Å². The molecule has 0 atom stereocenters. The van der Waals surface area contributed by atoms with Crippen LogP contribution in [0.5, 0.6) is 11.5 Å². The molecular formula is C23H19BrCl2N2O3. The van der Waals surface area contributed by atoms with E-state index in [1.54, 1.807) is 31.4 Å². The third-order valence-corrected chi connectivity index (χ3v) is 5.41. The van der Waals surface area contributed by atoms with Crippen LogP contribution in [0, 0.1) is 6.92 Å². The van der Waals surface area contributed by atoms with Crippen molar-refractivity contribution < 1.29 is 14.3 Å². The number of hydrazone groups is 1. The summed E-state index contributed by atoms with van der Waals surface area (Å²) in [5.74, 6) is 0.676. The van der Waals surface area contributed by atoms with Crippen LogP contribution >= 0.6 is 39.1 Å². The molecule has 0 saturated heterocycles. The van der Waals surface area contributed by atoms with Gasteiger partial charge in [-0.15, -0.1) is 0 Å². The molecule has 0 spiro atoms. The van der Waals surface area contributed by atoms with Gasteiger partial charge in [-0.2, -0.15) is 5.10 Å². The Morgan fingerprint density at radius 2 is 1.97 bits per heavy atom. The molecule has 5 nitrogen and oxygen atoms in total. The van der Waals surface area contributed by atoms with Gasteiger partial charge in [-0.3, -0.25) is 4.79 Å². The van der Waals surface area contributed by atoms with E-state index >= 15 is 0 Å². The number of carbonyl (C=O) groups is 1. The highest BCUT2D eigenvalue weighted by molar-refractivity contribution is 9.10. The highest BCUT2D eigenvalue weighted by Crippen LogP contribution is 2.37. The zero-order valence-corrected chi connectivity index (χ0v) is 19.9. The van der Waals surface area contributed by atoms with Crippen molar-refractivity contribution in [2.75, 3.05) is 7.11 Å². The van der Waals surface area contributed by atoms with E-state index in [1.807, 2.05) is 37.3 Å². The average Bonchev–Trinajstić information content (AvgIpc) is 2.72. The van der Waals surface area contributed by atoms with Gasteiger partial charge in [0.15, 0.2) is 11.5 Å². The first-order valence-electron chi connectivity index (χ1n) is 9.21. The van der Waals surface area contributed by atoms with Crippen LogP contribution in [0.15, 0.2) is 64.2 Å². The molecule has 0 aliphatic rings. The molecule has 3 aromatic carbocycles. The summed E-state index contributed by atoms with van der Waals surface area (Å²) in [5.41, 5.74) is 5.44. The van der Waals surface area contributed by atoms with Crippen LogP contribution in [0.4, 0.5) is 0 Å². The minimum Gasteiger partial charge on any atom is -0.493 e. The predicted molar refractivity (Wildman–Crippen MR) is 128 cm³/mol. The van der Waals surface area contributed by atoms with Gasteiger partial charge in [0.1, 0.15) is 6.61 Å². The first-order chi connectivity index (χ1) is 14.9. The molecule has 3 aromatic rings. The number of rotatable bonds is 7. The summed E-state index contributed by atoms with van der Waals surface area (Å²) in [6.45, 7) is 2.23.